The van der Waals surface area contributed by atoms with Gasteiger partial charge in [-0.2, -0.15) is 5.10 Å². The van der Waals surface area contributed by atoms with E-state index in [1.807, 2.05) is 43.7 Å². The summed E-state index contributed by atoms with van der Waals surface area (Å²) in [4.78, 5) is 13.6. The average molecular weight is 287 g/mol. The summed E-state index contributed by atoms with van der Waals surface area (Å²) in [7, 11) is 0. The highest BCUT2D eigenvalue weighted by atomic mass is 16.6. The van der Waals surface area contributed by atoms with Crippen LogP contribution in [0, 0.1) is 5.92 Å². The number of hydrogen-bond donors (Lipinski definition) is 0. The van der Waals surface area contributed by atoms with Gasteiger partial charge in [-0.1, -0.05) is 18.2 Å². The van der Waals surface area contributed by atoms with Crippen molar-refractivity contribution in [2.24, 2.45) is 5.92 Å². The molecule has 1 aliphatic rings. The van der Waals surface area contributed by atoms with E-state index in [2.05, 4.69) is 17.4 Å². The largest absolute Gasteiger partial charge is 0.444 e. The number of aromatic nitrogens is 2. The Balaban J connectivity index is 1.54. The standard InChI is InChI=1S/C16H21N3O2/c1-16(2,3)21-15(20)18-8-12(9-18)10-19-11-13-6-4-5-7-14(13)17-19/h4-7,11-12H,8-10H2,1-3H3. The average Bonchev–Trinajstić information content (AvgIpc) is 2.73. The number of ether oxygens (including phenoxy) is 1. The molecule has 2 aromatic rings. The van der Waals surface area contributed by atoms with Crippen LogP contribution in [0.25, 0.3) is 10.9 Å². The molecule has 21 heavy (non-hydrogen) atoms. The van der Waals surface area contributed by atoms with Crippen LogP contribution < -0.4 is 0 Å². The SMILES string of the molecule is CC(C)(C)OC(=O)N1CC(Cn2cc3ccccc3n2)C1. The highest BCUT2D eigenvalue weighted by Crippen LogP contribution is 2.21. The molecule has 3 rings (SSSR count). The molecule has 0 saturated carbocycles. The van der Waals surface area contributed by atoms with Gasteiger partial charge in [-0.3, -0.25) is 4.68 Å². The molecule has 0 radical (unpaired) electrons. The Kier molecular flexibility index (Phi) is 3.35. The number of fused-ring (bicyclic) bond motifs is 1. The van der Waals surface area contributed by atoms with Gasteiger partial charge in [-0.05, 0) is 26.8 Å². The Hall–Kier alpha value is -2.04. The van der Waals surface area contributed by atoms with Crippen molar-refractivity contribution in [2.75, 3.05) is 13.1 Å². The minimum Gasteiger partial charge on any atom is -0.444 e. The lowest BCUT2D eigenvalue weighted by atomic mass is 10.0. The molecule has 1 aromatic carbocycles. The zero-order chi connectivity index (χ0) is 15.0. The van der Waals surface area contributed by atoms with Crippen LogP contribution in [-0.2, 0) is 11.3 Å². The molecule has 1 saturated heterocycles. The Bertz CT molecular complexity index is 618. The molecule has 2 heterocycles. The van der Waals surface area contributed by atoms with Crippen LogP contribution in [0.15, 0.2) is 30.5 Å². The maximum absolute atomic E-state index is 11.9. The molecule has 1 aromatic heterocycles. The normalized spacial score (nSPS) is 16.0. The maximum Gasteiger partial charge on any atom is 0.410 e. The second-order valence-corrected chi connectivity index (χ2v) is 6.66. The Morgan fingerprint density at radius 1 is 1.33 bits per heavy atom. The van der Waals surface area contributed by atoms with Crippen molar-refractivity contribution in [3.05, 3.63) is 30.5 Å². The number of carbonyl (C=O) groups excluding carboxylic acids is 1. The summed E-state index contributed by atoms with van der Waals surface area (Å²) in [5.41, 5.74) is 0.586. The maximum atomic E-state index is 11.9. The Morgan fingerprint density at radius 3 is 2.71 bits per heavy atom. The lowest BCUT2D eigenvalue weighted by molar-refractivity contribution is -0.00381. The first-order chi connectivity index (χ1) is 9.90. The molecule has 1 amide bonds. The zero-order valence-corrected chi connectivity index (χ0v) is 12.7. The van der Waals surface area contributed by atoms with Crippen LogP contribution in [-0.4, -0.2) is 39.5 Å². The van der Waals surface area contributed by atoms with Gasteiger partial charge < -0.3 is 9.64 Å². The molecule has 0 bridgehead atoms. The molecule has 1 fully saturated rings. The third-order valence-corrected chi connectivity index (χ3v) is 3.52. The summed E-state index contributed by atoms with van der Waals surface area (Å²) in [6.07, 6.45) is 1.84. The van der Waals surface area contributed by atoms with Crippen LogP contribution in [0.3, 0.4) is 0 Å². The van der Waals surface area contributed by atoms with Gasteiger partial charge in [0.2, 0.25) is 0 Å². The molecule has 1 aliphatic heterocycles. The van der Waals surface area contributed by atoms with Crippen LogP contribution in [0.4, 0.5) is 4.79 Å². The molecule has 0 spiro atoms. The third kappa shape index (κ3) is 3.17. The zero-order valence-electron chi connectivity index (χ0n) is 12.7. The minimum absolute atomic E-state index is 0.218. The highest BCUT2D eigenvalue weighted by Gasteiger charge is 2.33. The molecular weight excluding hydrogens is 266 g/mol. The van der Waals surface area contributed by atoms with E-state index >= 15 is 0 Å². The number of nitrogens with zero attached hydrogens (tertiary/aromatic N) is 3. The fourth-order valence-electron chi connectivity index (χ4n) is 2.53. The van der Waals surface area contributed by atoms with E-state index in [4.69, 9.17) is 4.74 Å². The summed E-state index contributed by atoms with van der Waals surface area (Å²) in [5.74, 6) is 0.451. The van der Waals surface area contributed by atoms with E-state index in [1.165, 1.54) is 0 Å². The molecule has 0 N–H and O–H groups in total. The lowest BCUT2D eigenvalue weighted by Crippen LogP contribution is -2.52. The summed E-state index contributed by atoms with van der Waals surface area (Å²) in [6, 6.07) is 8.08. The van der Waals surface area contributed by atoms with Crippen molar-refractivity contribution in [3.63, 3.8) is 0 Å². The number of hydrogen-bond acceptors (Lipinski definition) is 3. The molecule has 0 aliphatic carbocycles. The van der Waals surface area contributed by atoms with Crippen molar-refractivity contribution in [1.29, 1.82) is 0 Å². The summed E-state index contributed by atoms with van der Waals surface area (Å²) < 4.78 is 7.33. The van der Waals surface area contributed by atoms with Gasteiger partial charge in [0, 0.05) is 37.1 Å². The Morgan fingerprint density at radius 2 is 2.05 bits per heavy atom. The second-order valence-electron chi connectivity index (χ2n) is 6.66. The first-order valence-corrected chi connectivity index (χ1v) is 7.31. The molecule has 112 valence electrons. The number of likely N-dealkylation sites (tertiary alicyclic amines) is 1. The first-order valence-electron chi connectivity index (χ1n) is 7.31. The topological polar surface area (TPSA) is 47.4 Å². The van der Waals surface area contributed by atoms with Gasteiger partial charge in [0.25, 0.3) is 0 Å². The van der Waals surface area contributed by atoms with Gasteiger partial charge in [0.15, 0.2) is 0 Å². The van der Waals surface area contributed by atoms with E-state index < -0.39 is 5.60 Å². The van der Waals surface area contributed by atoms with Crippen LogP contribution in [0.5, 0.6) is 0 Å². The predicted molar refractivity (Wildman–Crippen MR) is 81.0 cm³/mol. The monoisotopic (exact) mass is 287 g/mol. The van der Waals surface area contributed by atoms with Crippen LogP contribution in [0.2, 0.25) is 0 Å². The van der Waals surface area contributed by atoms with Gasteiger partial charge in [0.05, 0.1) is 5.52 Å². The highest BCUT2D eigenvalue weighted by molar-refractivity contribution is 5.77. The van der Waals surface area contributed by atoms with E-state index in [1.54, 1.807) is 4.90 Å². The summed E-state index contributed by atoms with van der Waals surface area (Å²) >= 11 is 0. The summed E-state index contributed by atoms with van der Waals surface area (Å²) in [5, 5.41) is 5.70. The van der Waals surface area contributed by atoms with Gasteiger partial charge in [-0.15, -0.1) is 0 Å². The van der Waals surface area contributed by atoms with Crippen molar-refractivity contribution in [2.45, 2.75) is 32.9 Å². The number of rotatable bonds is 2. The summed E-state index contributed by atoms with van der Waals surface area (Å²) in [6.45, 7) is 7.98. The molecule has 0 atom stereocenters. The fourth-order valence-corrected chi connectivity index (χ4v) is 2.53. The van der Waals surface area contributed by atoms with Crippen LogP contribution in [0.1, 0.15) is 20.8 Å². The lowest BCUT2D eigenvalue weighted by Gasteiger charge is -2.39. The van der Waals surface area contributed by atoms with Crippen molar-refractivity contribution < 1.29 is 9.53 Å². The smallest absolute Gasteiger partial charge is 0.410 e. The molecule has 5 nitrogen and oxygen atoms in total. The van der Waals surface area contributed by atoms with E-state index in [0.29, 0.717) is 5.92 Å². The second kappa shape index (κ2) is 5.06. The third-order valence-electron chi connectivity index (χ3n) is 3.52. The quantitative estimate of drug-likeness (QED) is 0.853. The van der Waals surface area contributed by atoms with Gasteiger partial charge in [0.1, 0.15) is 5.60 Å². The molecule has 0 unspecified atom stereocenters. The number of benzene rings is 1. The molecular formula is C16H21N3O2. The van der Waals surface area contributed by atoms with E-state index in [0.717, 1.165) is 30.5 Å². The van der Waals surface area contributed by atoms with Crippen molar-refractivity contribution in [1.82, 2.24) is 14.7 Å². The van der Waals surface area contributed by atoms with Crippen LogP contribution >= 0.6 is 0 Å². The van der Waals surface area contributed by atoms with Crippen molar-refractivity contribution >= 4 is 17.0 Å². The van der Waals surface area contributed by atoms with E-state index in [-0.39, 0.29) is 6.09 Å². The minimum atomic E-state index is -0.429. The van der Waals surface area contributed by atoms with Gasteiger partial charge >= 0.3 is 6.09 Å². The number of carbonyl (C=O) groups is 1. The Labute approximate surface area is 124 Å². The van der Waals surface area contributed by atoms with Crippen molar-refractivity contribution in [3.8, 4) is 0 Å². The van der Waals surface area contributed by atoms with E-state index in [9.17, 15) is 4.79 Å². The fraction of sp³-hybridized carbons (Fsp3) is 0.500. The van der Waals surface area contributed by atoms with Gasteiger partial charge in [-0.25, -0.2) is 4.79 Å². The first kappa shape index (κ1) is 13.9. The molecule has 5 heteroatoms. The number of amides is 1. The predicted octanol–water partition coefficient (Wildman–Crippen LogP) is 2.90.